The Labute approximate surface area is 147 Å². The van der Waals surface area contributed by atoms with Gasteiger partial charge in [0.15, 0.2) is 0 Å². The van der Waals surface area contributed by atoms with Crippen LogP contribution in [0.15, 0.2) is 18.2 Å². The van der Waals surface area contributed by atoms with Crippen molar-refractivity contribution in [1.82, 2.24) is 5.32 Å². The van der Waals surface area contributed by atoms with Gasteiger partial charge in [0, 0.05) is 18.2 Å². The summed E-state index contributed by atoms with van der Waals surface area (Å²) < 4.78 is 14.1. The molecule has 4 fully saturated rings. The Hall–Kier alpha value is -1.62. The van der Waals surface area contributed by atoms with Gasteiger partial charge in [0.25, 0.3) is 0 Å². The quantitative estimate of drug-likeness (QED) is 0.822. The van der Waals surface area contributed by atoms with Crippen LogP contribution in [0.2, 0.25) is 0 Å². The van der Waals surface area contributed by atoms with Gasteiger partial charge in [-0.25, -0.2) is 9.18 Å². The fourth-order valence-electron chi connectivity index (χ4n) is 6.23. The van der Waals surface area contributed by atoms with Crippen molar-refractivity contribution in [2.75, 3.05) is 11.4 Å². The Morgan fingerprint density at radius 2 is 2.00 bits per heavy atom. The maximum atomic E-state index is 14.1. The summed E-state index contributed by atoms with van der Waals surface area (Å²) in [4.78, 5) is 14.7. The van der Waals surface area contributed by atoms with Gasteiger partial charge >= 0.3 is 6.03 Å². The van der Waals surface area contributed by atoms with Gasteiger partial charge < -0.3 is 10.4 Å². The van der Waals surface area contributed by atoms with Crippen molar-refractivity contribution >= 4 is 11.7 Å². The molecule has 0 radical (unpaired) electrons. The van der Waals surface area contributed by atoms with Crippen LogP contribution >= 0.6 is 0 Å². The average molecular weight is 344 g/mol. The van der Waals surface area contributed by atoms with Gasteiger partial charge in [-0.3, -0.25) is 4.90 Å². The SMILES string of the molecule is O=C(NC1C2CC3CC1CC(O)(C3)C2)N1CCCc2c(F)cccc21. The van der Waals surface area contributed by atoms with Gasteiger partial charge in [0.1, 0.15) is 5.82 Å². The highest BCUT2D eigenvalue weighted by Crippen LogP contribution is 2.55. The highest BCUT2D eigenvalue weighted by Gasteiger charge is 2.55. The largest absolute Gasteiger partial charge is 0.390 e. The van der Waals surface area contributed by atoms with Crippen molar-refractivity contribution in [2.45, 2.75) is 56.6 Å². The number of nitrogens with zero attached hydrogens (tertiary/aromatic N) is 1. The molecule has 1 aromatic carbocycles. The molecule has 1 heterocycles. The molecule has 25 heavy (non-hydrogen) atoms. The molecule has 0 spiro atoms. The van der Waals surface area contributed by atoms with Crippen LogP contribution in [0.5, 0.6) is 0 Å². The number of aliphatic hydroxyl groups is 1. The molecule has 1 aliphatic heterocycles. The lowest BCUT2D eigenvalue weighted by molar-refractivity contribution is -0.136. The number of carbonyl (C=O) groups is 1. The lowest BCUT2D eigenvalue weighted by Gasteiger charge is -2.58. The van der Waals surface area contributed by atoms with Crippen LogP contribution in [-0.4, -0.2) is 29.3 Å². The maximum absolute atomic E-state index is 14.1. The number of halogens is 1. The number of rotatable bonds is 1. The van der Waals surface area contributed by atoms with Gasteiger partial charge in [-0.05, 0) is 74.8 Å². The van der Waals surface area contributed by atoms with Crippen LogP contribution in [0, 0.1) is 23.6 Å². The number of anilines is 1. The van der Waals surface area contributed by atoms with E-state index in [-0.39, 0.29) is 17.9 Å². The molecule has 1 aromatic rings. The zero-order valence-electron chi connectivity index (χ0n) is 14.4. The second-order valence-electron chi connectivity index (χ2n) is 8.66. The lowest BCUT2D eigenvalue weighted by Crippen LogP contribution is -2.63. The van der Waals surface area contributed by atoms with E-state index < -0.39 is 5.60 Å². The molecule has 4 saturated carbocycles. The first-order valence-corrected chi connectivity index (χ1v) is 9.60. The van der Waals surface area contributed by atoms with E-state index in [1.165, 1.54) is 6.07 Å². The third kappa shape index (κ3) is 2.47. The average Bonchev–Trinajstić information content (AvgIpc) is 2.56. The molecule has 4 nitrogen and oxygen atoms in total. The summed E-state index contributed by atoms with van der Waals surface area (Å²) in [7, 11) is 0. The van der Waals surface area contributed by atoms with E-state index in [2.05, 4.69) is 5.32 Å². The molecule has 2 amide bonds. The zero-order valence-corrected chi connectivity index (χ0v) is 14.4. The third-order valence-corrected chi connectivity index (χ3v) is 6.97. The van der Waals surface area contributed by atoms with E-state index in [1.807, 2.05) is 6.07 Å². The molecule has 6 rings (SSSR count). The topological polar surface area (TPSA) is 52.6 Å². The van der Waals surface area contributed by atoms with E-state index in [0.717, 1.165) is 38.5 Å². The summed E-state index contributed by atoms with van der Waals surface area (Å²) in [5, 5.41) is 14.0. The van der Waals surface area contributed by atoms with Crippen LogP contribution in [0.25, 0.3) is 0 Å². The predicted molar refractivity (Wildman–Crippen MR) is 92.9 cm³/mol. The highest BCUT2D eigenvalue weighted by molar-refractivity contribution is 5.93. The molecular weight excluding hydrogens is 319 g/mol. The van der Waals surface area contributed by atoms with E-state index >= 15 is 0 Å². The first-order valence-electron chi connectivity index (χ1n) is 9.60. The standard InChI is InChI=1S/C20H25FN2O2/c21-16-4-1-5-17-15(16)3-2-6-23(17)19(24)22-18-13-7-12-8-14(18)11-20(25,9-12)10-13/h1,4-5,12-14,18,25H,2-3,6-11H2,(H,22,24). The first-order chi connectivity index (χ1) is 12.0. The van der Waals surface area contributed by atoms with Crippen molar-refractivity contribution in [2.24, 2.45) is 17.8 Å². The molecule has 2 atom stereocenters. The highest BCUT2D eigenvalue weighted by atomic mass is 19.1. The van der Waals surface area contributed by atoms with Crippen LogP contribution < -0.4 is 10.2 Å². The number of urea groups is 1. The minimum Gasteiger partial charge on any atom is -0.390 e. The van der Waals surface area contributed by atoms with Gasteiger partial charge in [-0.15, -0.1) is 0 Å². The van der Waals surface area contributed by atoms with Gasteiger partial charge in [0.05, 0.1) is 11.3 Å². The molecular formula is C20H25FN2O2. The Morgan fingerprint density at radius 3 is 2.72 bits per heavy atom. The fourth-order valence-corrected chi connectivity index (χ4v) is 6.23. The fraction of sp³-hybridized carbons (Fsp3) is 0.650. The molecule has 134 valence electrons. The molecule has 4 bridgehead atoms. The molecule has 5 heteroatoms. The number of carbonyl (C=O) groups excluding carboxylic acids is 1. The Bertz CT molecular complexity index is 706. The van der Waals surface area contributed by atoms with Crippen molar-refractivity contribution < 1.29 is 14.3 Å². The zero-order chi connectivity index (χ0) is 17.2. The van der Waals surface area contributed by atoms with Crippen LogP contribution in [0.3, 0.4) is 0 Å². The van der Waals surface area contributed by atoms with Crippen molar-refractivity contribution in [3.63, 3.8) is 0 Å². The maximum Gasteiger partial charge on any atom is 0.322 e. The number of nitrogens with one attached hydrogen (secondary N) is 1. The smallest absolute Gasteiger partial charge is 0.322 e. The van der Waals surface area contributed by atoms with E-state index in [4.69, 9.17) is 0 Å². The summed E-state index contributed by atoms with van der Waals surface area (Å²) in [5.41, 5.74) is 0.882. The van der Waals surface area contributed by atoms with E-state index in [0.29, 0.717) is 42.0 Å². The number of hydrogen-bond donors (Lipinski definition) is 2. The predicted octanol–water partition coefficient (Wildman–Crippen LogP) is 3.23. The van der Waals surface area contributed by atoms with Gasteiger partial charge in [-0.1, -0.05) is 6.07 Å². The number of hydrogen-bond acceptors (Lipinski definition) is 2. The van der Waals surface area contributed by atoms with Crippen molar-refractivity contribution in [3.8, 4) is 0 Å². The molecule has 5 aliphatic rings. The summed E-state index contributed by atoms with van der Waals surface area (Å²) in [6, 6.07) is 5.05. The number of amides is 2. The third-order valence-electron chi connectivity index (χ3n) is 6.97. The molecule has 2 N–H and O–H groups in total. The van der Waals surface area contributed by atoms with Crippen LogP contribution in [-0.2, 0) is 6.42 Å². The van der Waals surface area contributed by atoms with Crippen LogP contribution in [0.4, 0.5) is 14.9 Å². The number of benzene rings is 1. The minimum atomic E-state index is -0.488. The van der Waals surface area contributed by atoms with Crippen molar-refractivity contribution in [1.29, 1.82) is 0 Å². The van der Waals surface area contributed by atoms with E-state index in [9.17, 15) is 14.3 Å². The minimum absolute atomic E-state index is 0.101. The normalized spacial score (nSPS) is 38.6. The molecule has 2 unspecified atom stereocenters. The van der Waals surface area contributed by atoms with Crippen LogP contribution in [0.1, 0.15) is 44.1 Å². The Balaban J connectivity index is 1.36. The number of fused-ring (bicyclic) bond motifs is 1. The summed E-state index contributed by atoms with van der Waals surface area (Å²) in [6.07, 6.45) is 6.30. The summed E-state index contributed by atoms with van der Waals surface area (Å²) >= 11 is 0. The second kappa shape index (κ2) is 5.44. The molecule has 0 aromatic heterocycles. The first kappa shape index (κ1) is 15.6. The summed E-state index contributed by atoms with van der Waals surface area (Å²) in [5.74, 6) is 1.18. The lowest BCUT2D eigenvalue weighted by atomic mass is 9.52. The van der Waals surface area contributed by atoms with Gasteiger partial charge in [0.2, 0.25) is 0 Å². The van der Waals surface area contributed by atoms with E-state index in [1.54, 1.807) is 11.0 Å². The van der Waals surface area contributed by atoms with Crippen molar-refractivity contribution in [3.05, 3.63) is 29.6 Å². The Morgan fingerprint density at radius 1 is 1.24 bits per heavy atom. The summed E-state index contributed by atoms with van der Waals surface area (Å²) in [6.45, 7) is 0.636. The second-order valence-corrected chi connectivity index (χ2v) is 8.66. The van der Waals surface area contributed by atoms with Gasteiger partial charge in [-0.2, -0.15) is 0 Å². The Kier molecular flexibility index (Phi) is 3.40. The monoisotopic (exact) mass is 344 g/mol. The molecule has 0 saturated heterocycles. The molecule has 4 aliphatic carbocycles.